The van der Waals surface area contributed by atoms with E-state index in [4.69, 9.17) is 0 Å². The highest BCUT2D eigenvalue weighted by Crippen LogP contribution is 2.20. The molecular formula is C17H22N8. The molecule has 2 aromatic heterocycles. The molecule has 0 radical (unpaired) electrons. The Bertz CT molecular complexity index is 809. The summed E-state index contributed by atoms with van der Waals surface area (Å²) in [6.07, 6.45) is 4.65. The maximum absolute atomic E-state index is 4.54. The Morgan fingerprint density at radius 2 is 2.12 bits per heavy atom. The quantitative estimate of drug-likeness (QED) is 0.734. The van der Waals surface area contributed by atoms with Gasteiger partial charge in [-0.2, -0.15) is 4.68 Å². The molecule has 1 saturated heterocycles. The van der Waals surface area contributed by atoms with Gasteiger partial charge in [0.2, 0.25) is 0 Å². The van der Waals surface area contributed by atoms with Gasteiger partial charge in [-0.3, -0.25) is 4.90 Å². The standard InChI is InChI=1S/C17H22N8/c1-23-11-9-19-17(23)15-13-18-8-12-24(15)10-7-16-20-21-22-25(16)14-5-3-2-4-6-14/h2-6,9,11,15,18H,7-8,10,12-13H2,1H3. The summed E-state index contributed by atoms with van der Waals surface area (Å²) in [7, 11) is 2.05. The first-order valence-electron chi connectivity index (χ1n) is 8.57. The Morgan fingerprint density at radius 3 is 2.92 bits per heavy atom. The molecule has 1 aliphatic rings. The van der Waals surface area contributed by atoms with Crippen LogP contribution in [0.2, 0.25) is 0 Å². The number of hydrogen-bond donors (Lipinski definition) is 1. The summed E-state index contributed by atoms with van der Waals surface area (Å²) < 4.78 is 3.91. The molecule has 0 saturated carbocycles. The van der Waals surface area contributed by atoms with Crippen molar-refractivity contribution in [2.24, 2.45) is 7.05 Å². The lowest BCUT2D eigenvalue weighted by atomic mass is 10.1. The Hall–Kier alpha value is -2.58. The molecule has 130 valence electrons. The van der Waals surface area contributed by atoms with E-state index in [0.29, 0.717) is 0 Å². The van der Waals surface area contributed by atoms with Crippen LogP contribution in [0.1, 0.15) is 17.7 Å². The highest BCUT2D eigenvalue weighted by atomic mass is 15.5. The van der Waals surface area contributed by atoms with Crippen LogP contribution in [0.5, 0.6) is 0 Å². The van der Waals surface area contributed by atoms with Crippen LogP contribution in [-0.2, 0) is 13.5 Å². The van der Waals surface area contributed by atoms with Gasteiger partial charge in [-0.05, 0) is 22.6 Å². The second-order valence-corrected chi connectivity index (χ2v) is 6.24. The Labute approximate surface area is 146 Å². The van der Waals surface area contributed by atoms with Gasteiger partial charge in [0, 0.05) is 52.0 Å². The first-order valence-corrected chi connectivity index (χ1v) is 8.57. The number of nitrogens with one attached hydrogen (secondary N) is 1. The lowest BCUT2D eigenvalue weighted by Gasteiger charge is -2.35. The summed E-state index contributed by atoms with van der Waals surface area (Å²) in [6.45, 7) is 3.79. The van der Waals surface area contributed by atoms with E-state index in [2.05, 4.69) is 35.3 Å². The van der Waals surface area contributed by atoms with Crippen molar-refractivity contribution in [1.29, 1.82) is 0 Å². The number of piperazine rings is 1. The predicted octanol–water partition coefficient (Wildman–Crippen LogP) is 0.585. The van der Waals surface area contributed by atoms with Gasteiger partial charge in [0.05, 0.1) is 11.7 Å². The molecule has 25 heavy (non-hydrogen) atoms. The molecular weight excluding hydrogens is 316 g/mol. The number of aryl methyl sites for hydroxylation is 1. The molecule has 0 amide bonds. The highest BCUT2D eigenvalue weighted by molar-refractivity contribution is 5.30. The van der Waals surface area contributed by atoms with Gasteiger partial charge < -0.3 is 9.88 Å². The highest BCUT2D eigenvalue weighted by Gasteiger charge is 2.26. The summed E-state index contributed by atoms with van der Waals surface area (Å²) in [5, 5.41) is 15.7. The minimum atomic E-state index is 0.273. The van der Waals surface area contributed by atoms with Gasteiger partial charge >= 0.3 is 0 Å². The number of nitrogens with zero attached hydrogens (tertiary/aromatic N) is 7. The molecule has 1 aromatic carbocycles. The number of tetrazole rings is 1. The molecule has 0 spiro atoms. The largest absolute Gasteiger partial charge is 0.337 e. The van der Waals surface area contributed by atoms with Gasteiger partial charge in [-0.1, -0.05) is 18.2 Å². The second kappa shape index (κ2) is 7.12. The predicted molar refractivity (Wildman–Crippen MR) is 93.2 cm³/mol. The van der Waals surface area contributed by atoms with Gasteiger partial charge in [-0.15, -0.1) is 5.10 Å². The second-order valence-electron chi connectivity index (χ2n) is 6.24. The third kappa shape index (κ3) is 3.31. The van der Waals surface area contributed by atoms with E-state index < -0.39 is 0 Å². The van der Waals surface area contributed by atoms with E-state index in [9.17, 15) is 0 Å². The smallest absolute Gasteiger partial charge is 0.157 e. The Balaban J connectivity index is 1.49. The molecule has 8 heteroatoms. The zero-order valence-electron chi connectivity index (χ0n) is 14.3. The van der Waals surface area contributed by atoms with Crippen molar-refractivity contribution in [3.63, 3.8) is 0 Å². The zero-order valence-corrected chi connectivity index (χ0v) is 14.3. The molecule has 1 aliphatic heterocycles. The van der Waals surface area contributed by atoms with E-state index in [1.807, 2.05) is 54.5 Å². The summed E-state index contributed by atoms with van der Waals surface area (Å²) in [5.41, 5.74) is 0.989. The van der Waals surface area contributed by atoms with Crippen molar-refractivity contribution in [2.75, 3.05) is 26.2 Å². The van der Waals surface area contributed by atoms with Crippen LogP contribution in [0.15, 0.2) is 42.7 Å². The van der Waals surface area contributed by atoms with Gasteiger partial charge in [-0.25, -0.2) is 4.98 Å². The van der Waals surface area contributed by atoms with Crippen molar-refractivity contribution in [3.8, 4) is 5.69 Å². The third-order valence-corrected chi connectivity index (χ3v) is 4.67. The first kappa shape index (κ1) is 15.9. The Kier molecular flexibility index (Phi) is 4.53. The number of para-hydroxylation sites is 1. The molecule has 3 heterocycles. The van der Waals surface area contributed by atoms with Crippen LogP contribution < -0.4 is 5.32 Å². The molecule has 1 unspecified atom stereocenters. The molecule has 1 atom stereocenters. The van der Waals surface area contributed by atoms with E-state index >= 15 is 0 Å². The average Bonchev–Trinajstić information content (AvgIpc) is 3.30. The third-order valence-electron chi connectivity index (χ3n) is 4.67. The maximum Gasteiger partial charge on any atom is 0.157 e. The first-order chi connectivity index (χ1) is 12.3. The SMILES string of the molecule is Cn1ccnc1C1CNCCN1CCc1nnnn1-c1ccccc1. The average molecular weight is 338 g/mol. The van der Waals surface area contributed by atoms with Gasteiger partial charge in [0.1, 0.15) is 5.82 Å². The van der Waals surface area contributed by atoms with Crippen LogP contribution >= 0.6 is 0 Å². The number of aromatic nitrogens is 6. The summed E-state index contributed by atoms with van der Waals surface area (Å²) in [5.74, 6) is 1.97. The normalized spacial score (nSPS) is 18.5. The molecule has 0 bridgehead atoms. The molecule has 8 nitrogen and oxygen atoms in total. The van der Waals surface area contributed by atoms with Crippen LogP contribution in [0.3, 0.4) is 0 Å². The zero-order chi connectivity index (χ0) is 17.1. The lowest BCUT2D eigenvalue weighted by molar-refractivity contribution is 0.153. The van der Waals surface area contributed by atoms with Crippen molar-refractivity contribution in [1.82, 2.24) is 40.0 Å². The van der Waals surface area contributed by atoms with Crippen LogP contribution in [-0.4, -0.2) is 60.8 Å². The summed E-state index contributed by atoms with van der Waals surface area (Å²) in [4.78, 5) is 7.00. The number of imidazole rings is 1. The fourth-order valence-electron chi connectivity index (χ4n) is 3.34. The minimum Gasteiger partial charge on any atom is -0.337 e. The van der Waals surface area contributed by atoms with E-state index in [1.165, 1.54) is 0 Å². The van der Waals surface area contributed by atoms with Gasteiger partial charge in [0.25, 0.3) is 0 Å². The summed E-state index contributed by atoms with van der Waals surface area (Å²) in [6, 6.07) is 10.3. The van der Waals surface area contributed by atoms with E-state index in [0.717, 1.165) is 49.9 Å². The number of rotatable bonds is 5. The lowest BCUT2D eigenvalue weighted by Crippen LogP contribution is -2.47. The minimum absolute atomic E-state index is 0.273. The molecule has 1 fully saturated rings. The van der Waals surface area contributed by atoms with Crippen LogP contribution in [0, 0.1) is 0 Å². The van der Waals surface area contributed by atoms with Crippen molar-refractivity contribution < 1.29 is 0 Å². The fraction of sp³-hybridized carbons (Fsp3) is 0.412. The summed E-state index contributed by atoms with van der Waals surface area (Å²) >= 11 is 0. The molecule has 4 rings (SSSR count). The maximum atomic E-state index is 4.54. The van der Waals surface area contributed by atoms with E-state index in [-0.39, 0.29) is 6.04 Å². The van der Waals surface area contributed by atoms with E-state index in [1.54, 1.807) is 0 Å². The van der Waals surface area contributed by atoms with Crippen molar-refractivity contribution in [3.05, 3.63) is 54.4 Å². The van der Waals surface area contributed by atoms with Gasteiger partial charge in [0.15, 0.2) is 5.82 Å². The van der Waals surface area contributed by atoms with Crippen LogP contribution in [0.4, 0.5) is 0 Å². The fourth-order valence-corrected chi connectivity index (χ4v) is 3.34. The Morgan fingerprint density at radius 1 is 1.24 bits per heavy atom. The number of benzene rings is 1. The number of hydrogen-bond acceptors (Lipinski definition) is 6. The molecule has 3 aromatic rings. The molecule has 1 N–H and O–H groups in total. The topological polar surface area (TPSA) is 76.7 Å². The van der Waals surface area contributed by atoms with Crippen LogP contribution in [0.25, 0.3) is 5.69 Å². The monoisotopic (exact) mass is 338 g/mol. The molecule has 0 aliphatic carbocycles. The van der Waals surface area contributed by atoms with Crippen molar-refractivity contribution >= 4 is 0 Å². The van der Waals surface area contributed by atoms with Crippen molar-refractivity contribution in [2.45, 2.75) is 12.5 Å².